The van der Waals surface area contributed by atoms with Crippen LogP contribution in [0.3, 0.4) is 0 Å². The van der Waals surface area contributed by atoms with Gasteiger partial charge in [0.05, 0.1) is 0 Å². The molecule has 0 spiro atoms. The van der Waals surface area contributed by atoms with Crippen molar-refractivity contribution >= 4 is 43.2 Å². The zero-order valence-electron chi connectivity index (χ0n) is 11.0. The summed E-state index contributed by atoms with van der Waals surface area (Å²) in [5, 5.41) is 0. The minimum absolute atomic E-state index is 0.886. The second-order valence-corrected chi connectivity index (χ2v) is 7.00. The predicted octanol–water partition coefficient (Wildman–Crippen LogP) is 4.26. The van der Waals surface area contributed by atoms with E-state index >= 15 is 0 Å². The minimum atomic E-state index is 0.886. The van der Waals surface area contributed by atoms with Crippen LogP contribution < -0.4 is 11.5 Å². The van der Waals surface area contributed by atoms with Crippen LogP contribution in [-0.4, -0.2) is 0 Å². The van der Waals surface area contributed by atoms with Crippen LogP contribution in [0.1, 0.15) is 22.3 Å². The van der Waals surface area contributed by atoms with E-state index in [9.17, 15) is 0 Å². The standard InChI is InChI=1S/C16H16Br2N2/c17-13-5-9-1-3-11-14(18)6-10(8-16(11)20)2-4-12(13)15(19)7-9/h5-8H,1-4,19-20H2. The SMILES string of the molecule is Nc1cc2cc(Br)c1CCc1cc(N)c(c(Br)c1)CC2. The molecule has 2 aromatic rings. The van der Waals surface area contributed by atoms with Crippen molar-refractivity contribution in [1.82, 2.24) is 0 Å². The lowest BCUT2D eigenvalue weighted by atomic mass is 9.94. The summed E-state index contributed by atoms with van der Waals surface area (Å²) >= 11 is 7.31. The van der Waals surface area contributed by atoms with Crippen LogP contribution >= 0.6 is 31.9 Å². The Balaban J connectivity index is 2.11. The molecule has 0 unspecified atom stereocenters. The van der Waals surface area contributed by atoms with Crippen molar-refractivity contribution in [2.45, 2.75) is 25.7 Å². The van der Waals surface area contributed by atoms with Crippen molar-refractivity contribution in [2.75, 3.05) is 11.5 Å². The summed E-state index contributed by atoms with van der Waals surface area (Å²) in [6.45, 7) is 0. The summed E-state index contributed by atoms with van der Waals surface area (Å²) in [5.74, 6) is 0. The first-order valence-electron chi connectivity index (χ1n) is 6.68. The van der Waals surface area contributed by atoms with Crippen LogP contribution in [0.2, 0.25) is 0 Å². The van der Waals surface area contributed by atoms with Crippen LogP contribution in [-0.2, 0) is 25.7 Å². The van der Waals surface area contributed by atoms with Gasteiger partial charge in [0, 0.05) is 20.3 Å². The molecule has 4 bridgehead atoms. The fourth-order valence-electron chi connectivity index (χ4n) is 2.79. The van der Waals surface area contributed by atoms with Crippen molar-refractivity contribution in [1.29, 1.82) is 0 Å². The molecule has 4 heteroatoms. The Morgan fingerprint density at radius 2 is 1.05 bits per heavy atom. The number of nitrogen functional groups attached to an aromatic ring is 2. The van der Waals surface area contributed by atoms with Gasteiger partial charge in [0.2, 0.25) is 0 Å². The van der Waals surface area contributed by atoms with E-state index in [1.165, 1.54) is 22.3 Å². The summed E-state index contributed by atoms with van der Waals surface area (Å²) in [5.41, 5.74) is 19.0. The third kappa shape index (κ3) is 2.59. The van der Waals surface area contributed by atoms with Gasteiger partial charge in [-0.15, -0.1) is 0 Å². The average molecular weight is 396 g/mol. The maximum atomic E-state index is 6.19. The Hall–Kier alpha value is -1.00. The first kappa shape index (κ1) is 14.0. The fourth-order valence-corrected chi connectivity index (χ4v) is 4.23. The molecule has 0 heterocycles. The van der Waals surface area contributed by atoms with Gasteiger partial charge in [-0.1, -0.05) is 31.9 Å². The number of hydrogen-bond donors (Lipinski definition) is 2. The lowest BCUT2D eigenvalue weighted by Gasteiger charge is -2.16. The number of hydrogen-bond acceptors (Lipinski definition) is 2. The van der Waals surface area contributed by atoms with E-state index in [-0.39, 0.29) is 0 Å². The Kier molecular flexibility index (Phi) is 3.78. The maximum Gasteiger partial charge on any atom is 0.0360 e. The number of aryl methyl sites for hydroxylation is 2. The predicted molar refractivity (Wildman–Crippen MR) is 91.9 cm³/mol. The molecule has 2 aromatic carbocycles. The molecule has 20 heavy (non-hydrogen) atoms. The largest absolute Gasteiger partial charge is 0.398 e. The molecule has 0 radical (unpaired) electrons. The highest BCUT2D eigenvalue weighted by atomic mass is 79.9. The van der Waals surface area contributed by atoms with Gasteiger partial charge < -0.3 is 11.5 Å². The van der Waals surface area contributed by atoms with Crippen LogP contribution in [0.4, 0.5) is 11.4 Å². The van der Waals surface area contributed by atoms with Gasteiger partial charge in [-0.2, -0.15) is 0 Å². The molecule has 0 fully saturated rings. The molecule has 4 N–H and O–H groups in total. The topological polar surface area (TPSA) is 52.0 Å². The van der Waals surface area contributed by atoms with Gasteiger partial charge in [0.25, 0.3) is 0 Å². The first-order valence-corrected chi connectivity index (χ1v) is 8.26. The molecule has 4 aliphatic carbocycles. The Morgan fingerprint density at radius 3 is 1.40 bits per heavy atom. The van der Waals surface area contributed by atoms with E-state index in [4.69, 9.17) is 11.5 Å². The molecule has 2 nitrogen and oxygen atoms in total. The zero-order valence-corrected chi connectivity index (χ0v) is 14.2. The molecule has 104 valence electrons. The molecular weight excluding hydrogens is 380 g/mol. The zero-order chi connectivity index (χ0) is 14.3. The Labute approximate surface area is 135 Å². The number of benzene rings is 2. The molecule has 0 aliphatic heterocycles. The molecule has 0 saturated heterocycles. The van der Waals surface area contributed by atoms with E-state index in [0.717, 1.165) is 46.0 Å². The van der Waals surface area contributed by atoms with Crippen molar-refractivity contribution < 1.29 is 0 Å². The number of rotatable bonds is 0. The van der Waals surface area contributed by atoms with Crippen LogP contribution in [0.5, 0.6) is 0 Å². The number of halogens is 2. The van der Waals surface area contributed by atoms with Gasteiger partial charge in [-0.25, -0.2) is 0 Å². The van der Waals surface area contributed by atoms with Gasteiger partial charge >= 0.3 is 0 Å². The highest BCUT2D eigenvalue weighted by Gasteiger charge is 2.13. The van der Waals surface area contributed by atoms with E-state index < -0.39 is 0 Å². The maximum absolute atomic E-state index is 6.19. The van der Waals surface area contributed by atoms with E-state index in [0.29, 0.717) is 0 Å². The van der Waals surface area contributed by atoms with Crippen LogP contribution in [0.25, 0.3) is 0 Å². The molecule has 0 aromatic heterocycles. The highest BCUT2D eigenvalue weighted by molar-refractivity contribution is 9.10. The summed E-state index contributed by atoms with van der Waals surface area (Å²) in [6, 6.07) is 8.56. The average Bonchev–Trinajstić information content (AvgIpc) is 2.35. The van der Waals surface area contributed by atoms with Gasteiger partial charge in [-0.3, -0.25) is 0 Å². The van der Waals surface area contributed by atoms with E-state index in [1.807, 2.05) is 0 Å². The van der Waals surface area contributed by atoms with Gasteiger partial charge in [0.1, 0.15) is 0 Å². The molecule has 0 saturated carbocycles. The van der Waals surface area contributed by atoms with E-state index in [2.05, 4.69) is 56.1 Å². The van der Waals surface area contributed by atoms with Crippen LogP contribution in [0.15, 0.2) is 33.2 Å². The molecule has 0 atom stereocenters. The van der Waals surface area contributed by atoms with Crippen LogP contribution in [0, 0.1) is 0 Å². The van der Waals surface area contributed by atoms with Gasteiger partial charge in [0.15, 0.2) is 0 Å². The smallest absolute Gasteiger partial charge is 0.0360 e. The minimum Gasteiger partial charge on any atom is -0.398 e. The van der Waals surface area contributed by atoms with Crippen molar-refractivity contribution in [3.8, 4) is 0 Å². The van der Waals surface area contributed by atoms with E-state index in [1.54, 1.807) is 0 Å². The summed E-state index contributed by atoms with van der Waals surface area (Å²) in [7, 11) is 0. The first-order chi connectivity index (χ1) is 9.54. The highest BCUT2D eigenvalue weighted by Crippen LogP contribution is 2.32. The van der Waals surface area contributed by atoms with Crippen molar-refractivity contribution in [3.05, 3.63) is 55.5 Å². The summed E-state index contributed by atoms with van der Waals surface area (Å²) in [6.07, 6.45) is 3.70. The third-order valence-corrected chi connectivity index (χ3v) is 5.32. The van der Waals surface area contributed by atoms with Crippen molar-refractivity contribution in [2.24, 2.45) is 0 Å². The van der Waals surface area contributed by atoms with Gasteiger partial charge in [-0.05, 0) is 72.2 Å². The Morgan fingerprint density at radius 1 is 0.650 bits per heavy atom. The monoisotopic (exact) mass is 394 g/mol. The molecule has 6 rings (SSSR count). The molecule has 4 aliphatic rings. The quantitative estimate of drug-likeness (QED) is 0.654. The molecular formula is C16H16Br2N2. The fraction of sp³-hybridized carbons (Fsp3) is 0.250. The second-order valence-electron chi connectivity index (χ2n) is 5.29. The number of anilines is 2. The molecule has 0 amide bonds. The number of nitrogens with two attached hydrogens (primary N) is 2. The Bertz CT molecular complexity index is 575. The summed E-state index contributed by atoms with van der Waals surface area (Å²) < 4.78 is 2.24. The normalized spacial score (nSPS) is 14.1. The third-order valence-electron chi connectivity index (χ3n) is 3.91. The lowest BCUT2D eigenvalue weighted by molar-refractivity contribution is 0.917. The van der Waals surface area contributed by atoms with Crippen molar-refractivity contribution in [3.63, 3.8) is 0 Å². The summed E-state index contributed by atoms with van der Waals surface area (Å²) in [4.78, 5) is 0. The second kappa shape index (κ2) is 5.41. The lowest BCUT2D eigenvalue weighted by Crippen LogP contribution is -2.06.